The molecule has 23 heavy (non-hydrogen) atoms. The second-order valence-corrected chi connectivity index (χ2v) is 7.93. The molecule has 1 N–H and O–H groups in total. The lowest BCUT2D eigenvalue weighted by atomic mass is 10.0. The molecule has 0 aromatic heterocycles. The average Bonchev–Trinajstić information content (AvgIpc) is 2.35. The van der Waals surface area contributed by atoms with E-state index in [2.05, 4.69) is 9.46 Å². The van der Waals surface area contributed by atoms with Crippen LogP contribution in [0.25, 0.3) is 0 Å². The van der Waals surface area contributed by atoms with Crippen LogP contribution in [0.1, 0.15) is 52.5 Å². The van der Waals surface area contributed by atoms with Gasteiger partial charge < -0.3 is 4.74 Å². The van der Waals surface area contributed by atoms with Gasteiger partial charge in [-0.25, -0.2) is 13.1 Å². The molecule has 0 unspecified atom stereocenters. The summed E-state index contributed by atoms with van der Waals surface area (Å²) in [6, 6.07) is 3.54. The lowest BCUT2D eigenvalue weighted by molar-refractivity contribution is -0.275. The summed E-state index contributed by atoms with van der Waals surface area (Å²) in [4.78, 5) is -0.261. The van der Waals surface area contributed by atoms with Crippen molar-refractivity contribution < 1.29 is 26.3 Å². The molecule has 0 atom stereocenters. The van der Waals surface area contributed by atoms with Crippen LogP contribution >= 0.6 is 0 Å². The minimum absolute atomic E-state index is 0.246. The first-order valence-electron chi connectivity index (χ1n) is 7.21. The van der Waals surface area contributed by atoms with Gasteiger partial charge in [0, 0.05) is 11.6 Å². The van der Waals surface area contributed by atoms with E-state index in [0.717, 1.165) is 6.07 Å². The molecular weight excluding hydrogens is 331 g/mol. The quantitative estimate of drug-likeness (QED) is 0.835. The zero-order chi connectivity index (χ0) is 18.1. The lowest BCUT2D eigenvalue weighted by Gasteiger charge is -2.24. The van der Waals surface area contributed by atoms with Crippen molar-refractivity contribution in [2.45, 2.75) is 63.8 Å². The van der Waals surface area contributed by atoms with Crippen LogP contribution in [-0.2, 0) is 10.0 Å². The molecule has 0 heterocycles. The monoisotopic (exact) mass is 353 g/mol. The number of halogens is 3. The van der Waals surface area contributed by atoms with Crippen molar-refractivity contribution in [1.82, 2.24) is 4.72 Å². The number of benzene rings is 1. The minimum Gasteiger partial charge on any atom is -0.405 e. The molecule has 0 aliphatic rings. The van der Waals surface area contributed by atoms with Gasteiger partial charge in [-0.3, -0.25) is 0 Å². The van der Waals surface area contributed by atoms with Crippen LogP contribution in [-0.4, -0.2) is 20.3 Å². The first kappa shape index (κ1) is 19.8. The number of nitrogens with one attached hydrogen (secondary N) is 1. The molecule has 1 aromatic rings. The highest BCUT2D eigenvalue weighted by Crippen LogP contribution is 2.33. The predicted octanol–water partition coefficient (Wildman–Crippen LogP) is 4.18. The van der Waals surface area contributed by atoms with Crippen LogP contribution in [0.15, 0.2) is 23.1 Å². The van der Waals surface area contributed by atoms with Gasteiger partial charge in [0.25, 0.3) is 0 Å². The van der Waals surface area contributed by atoms with Gasteiger partial charge in [0.2, 0.25) is 10.0 Å². The number of alkyl halides is 3. The summed E-state index contributed by atoms with van der Waals surface area (Å²) in [5, 5.41) is 0. The van der Waals surface area contributed by atoms with Crippen molar-refractivity contribution in [2.75, 3.05) is 0 Å². The van der Waals surface area contributed by atoms with Gasteiger partial charge in [0.15, 0.2) is 0 Å². The Kier molecular flexibility index (Phi) is 5.74. The Morgan fingerprint density at radius 1 is 1.22 bits per heavy atom. The molecule has 4 nitrogen and oxygen atoms in total. The van der Waals surface area contributed by atoms with Crippen LogP contribution in [0.4, 0.5) is 13.2 Å². The van der Waals surface area contributed by atoms with E-state index in [-0.39, 0.29) is 16.4 Å². The SMILES string of the molecule is CCC(C)(C)NS(=O)(=O)c1ccc(C(C)C)c(OC(F)(F)F)c1. The fraction of sp³-hybridized carbons (Fsp3) is 0.600. The van der Waals surface area contributed by atoms with E-state index in [1.807, 2.05) is 6.92 Å². The van der Waals surface area contributed by atoms with Gasteiger partial charge in [0.05, 0.1) is 4.90 Å². The van der Waals surface area contributed by atoms with Crippen molar-refractivity contribution in [3.05, 3.63) is 23.8 Å². The summed E-state index contributed by atoms with van der Waals surface area (Å²) in [5.41, 5.74) is -0.420. The molecule has 132 valence electrons. The Morgan fingerprint density at radius 2 is 1.78 bits per heavy atom. The zero-order valence-corrected chi connectivity index (χ0v) is 14.6. The fourth-order valence-electron chi connectivity index (χ4n) is 1.87. The molecule has 8 heteroatoms. The van der Waals surface area contributed by atoms with Crippen LogP contribution in [0.3, 0.4) is 0 Å². The van der Waals surface area contributed by atoms with E-state index in [1.54, 1.807) is 27.7 Å². The number of hydrogen-bond donors (Lipinski definition) is 1. The van der Waals surface area contributed by atoms with E-state index in [0.29, 0.717) is 6.42 Å². The highest BCUT2D eigenvalue weighted by atomic mass is 32.2. The second kappa shape index (κ2) is 6.68. The summed E-state index contributed by atoms with van der Waals surface area (Å²) in [5.74, 6) is -0.742. The first-order valence-corrected chi connectivity index (χ1v) is 8.69. The molecule has 0 aliphatic heterocycles. The topological polar surface area (TPSA) is 55.4 Å². The Morgan fingerprint density at radius 3 is 2.22 bits per heavy atom. The Hall–Kier alpha value is -1.28. The third-order valence-corrected chi connectivity index (χ3v) is 5.13. The molecule has 0 saturated heterocycles. The normalized spacial score (nSPS) is 13.4. The van der Waals surface area contributed by atoms with E-state index in [4.69, 9.17) is 0 Å². The van der Waals surface area contributed by atoms with E-state index >= 15 is 0 Å². The van der Waals surface area contributed by atoms with Crippen molar-refractivity contribution in [3.8, 4) is 5.75 Å². The summed E-state index contributed by atoms with van der Waals surface area (Å²) >= 11 is 0. The van der Waals surface area contributed by atoms with E-state index < -0.39 is 27.7 Å². The van der Waals surface area contributed by atoms with Crippen LogP contribution in [0.5, 0.6) is 5.75 Å². The van der Waals surface area contributed by atoms with Gasteiger partial charge in [-0.05, 0) is 37.8 Å². The minimum atomic E-state index is -4.89. The largest absolute Gasteiger partial charge is 0.573 e. The van der Waals surface area contributed by atoms with Crippen LogP contribution in [0.2, 0.25) is 0 Å². The molecule has 0 aliphatic carbocycles. The van der Waals surface area contributed by atoms with Gasteiger partial charge in [0.1, 0.15) is 5.75 Å². The Balaban J connectivity index is 3.31. The lowest BCUT2D eigenvalue weighted by Crippen LogP contribution is -2.42. The van der Waals surface area contributed by atoms with Gasteiger partial charge in [-0.1, -0.05) is 26.8 Å². The Bertz CT molecular complexity index is 652. The fourth-order valence-corrected chi connectivity index (χ4v) is 3.37. The second-order valence-electron chi connectivity index (χ2n) is 6.25. The van der Waals surface area contributed by atoms with Crippen molar-refractivity contribution in [3.63, 3.8) is 0 Å². The predicted molar refractivity (Wildman–Crippen MR) is 81.9 cm³/mol. The smallest absolute Gasteiger partial charge is 0.405 e. The molecule has 0 amide bonds. The Labute approximate surface area is 135 Å². The first-order chi connectivity index (χ1) is 10.3. The standard InChI is InChI=1S/C15H22F3NO3S/c1-6-14(4,5)19-23(20,21)11-7-8-12(10(2)3)13(9-11)22-15(16,17)18/h7-10,19H,6H2,1-5H3. The van der Waals surface area contributed by atoms with E-state index in [9.17, 15) is 21.6 Å². The highest BCUT2D eigenvalue weighted by Gasteiger charge is 2.33. The molecule has 1 rings (SSSR count). The summed E-state index contributed by atoms with van der Waals surface area (Å²) in [7, 11) is -3.95. The molecule has 0 radical (unpaired) electrons. The third kappa shape index (κ3) is 5.69. The number of ether oxygens (including phenoxy) is 1. The maximum absolute atomic E-state index is 12.6. The van der Waals surface area contributed by atoms with Crippen molar-refractivity contribution >= 4 is 10.0 Å². The molecule has 0 spiro atoms. The molecule has 0 bridgehead atoms. The maximum Gasteiger partial charge on any atom is 0.573 e. The van der Waals surface area contributed by atoms with E-state index in [1.165, 1.54) is 12.1 Å². The third-order valence-electron chi connectivity index (χ3n) is 3.44. The highest BCUT2D eigenvalue weighted by molar-refractivity contribution is 7.89. The molecule has 0 saturated carbocycles. The molecular formula is C15H22F3NO3S. The number of hydrogen-bond acceptors (Lipinski definition) is 3. The van der Waals surface area contributed by atoms with Gasteiger partial charge >= 0.3 is 6.36 Å². The van der Waals surface area contributed by atoms with Crippen molar-refractivity contribution in [1.29, 1.82) is 0 Å². The molecule has 0 fully saturated rings. The van der Waals surface area contributed by atoms with Crippen LogP contribution in [0, 0.1) is 0 Å². The van der Waals surface area contributed by atoms with Gasteiger partial charge in [-0.15, -0.1) is 13.2 Å². The summed E-state index contributed by atoms with van der Waals surface area (Å²) < 4.78 is 68.8. The van der Waals surface area contributed by atoms with Crippen molar-refractivity contribution in [2.24, 2.45) is 0 Å². The summed E-state index contributed by atoms with van der Waals surface area (Å²) in [6.07, 6.45) is -4.36. The zero-order valence-electron chi connectivity index (χ0n) is 13.8. The number of sulfonamides is 1. The number of rotatable bonds is 6. The average molecular weight is 353 g/mol. The molecule has 1 aromatic carbocycles. The maximum atomic E-state index is 12.6. The van der Waals surface area contributed by atoms with Crippen LogP contribution < -0.4 is 9.46 Å². The summed E-state index contributed by atoms with van der Waals surface area (Å²) in [6.45, 7) is 8.60. The van der Waals surface area contributed by atoms with Gasteiger partial charge in [-0.2, -0.15) is 0 Å².